The van der Waals surface area contributed by atoms with E-state index in [0.29, 0.717) is 79.9 Å². The second-order valence-electron chi connectivity index (χ2n) is 19.0. The Kier molecular flexibility index (Phi) is 11.5. The zero-order chi connectivity index (χ0) is 45.2. The van der Waals surface area contributed by atoms with E-state index < -0.39 is 40.7 Å². The molecule has 15 heteroatoms. The van der Waals surface area contributed by atoms with Crippen LogP contribution in [-0.4, -0.2) is 82.0 Å². The Morgan fingerprint density at radius 2 is 1.62 bits per heavy atom. The number of halogens is 3. The average Bonchev–Trinajstić information content (AvgIpc) is 3.90. The molecular formula is C50H51Cl2FN6O6. The number of anilines is 1. The Morgan fingerprint density at radius 3 is 2.37 bits per heavy atom. The van der Waals surface area contributed by atoms with Gasteiger partial charge in [-0.1, -0.05) is 78.6 Å². The molecule has 338 valence electrons. The molecule has 12 nitrogen and oxygen atoms in total. The molecule has 3 saturated heterocycles. The fourth-order valence-corrected chi connectivity index (χ4v) is 12.7. The molecule has 2 spiro atoms. The van der Waals surface area contributed by atoms with Gasteiger partial charge in [-0.2, -0.15) is 0 Å². The van der Waals surface area contributed by atoms with Gasteiger partial charge < -0.3 is 20.4 Å². The molecule has 3 aromatic rings. The molecule has 5 fully saturated rings. The summed E-state index contributed by atoms with van der Waals surface area (Å²) < 4.78 is 16.3. The zero-order valence-electron chi connectivity index (χ0n) is 36.0. The van der Waals surface area contributed by atoms with Crippen molar-refractivity contribution in [1.29, 1.82) is 0 Å². The van der Waals surface area contributed by atoms with E-state index in [2.05, 4.69) is 33.1 Å². The monoisotopic (exact) mass is 920 g/mol. The van der Waals surface area contributed by atoms with Crippen molar-refractivity contribution in [2.45, 2.75) is 125 Å². The first-order chi connectivity index (χ1) is 31.4. The van der Waals surface area contributed by atoms with E-state index in [1.807, 2.05) is 17.0 Å². The van der Waals surface area contributed by atoms with Crippen LogP contribution in [0.3, 0.4) is 0 Å². The van der Waals surface area contributed by atoms with Crippen LogP contribution in [0.1, 0.15) is 122 Å². The molecule has 1 unspecified atom stereocenters. The Balaban J connectivity index is 0.787. The van der Waals surface area contributed by atoms with E-state index >= 15 is 4.39 Å². The summed E-state index contributed by atoms with van der Waals surface area (Å²) in [5, 5.41) is 12.8. The molecule has 4 N–H and O–H groups in total. The van der Waals surface area contributed by atoms with Crippen molar-refractivity contribution >= 4 is 64.3 Å². The second-order valence-corrected chi connectivity index (χ2v) is 19.8. The topological polar surface area (TPSA) is 157 Å². The van der Waals surface area contributed by atoms with Crippen molar-refractivity contribution in [3.8, 4) is 11.8 Å². The molecule has 6 amide bonds. The molecular weight excluding hydrogens is 870 g/mol. The number of imide groups is 1. The largest absolute Gasteiger partial charge is 0.352 e. The van der Waals surface area contributed by atoms with Gasteiger partial charge >= 0.3 is 0 Å². The highest BCUT2D eigenvalue weighted by molar-refractivity contribution is 6.31. The number of nitrogens with zero attached hydrogens (tertiary/aromatic N) is 2. The molecule has 0 radical (unpaired) electrons. The Hall–Kier alpha value is -5.29. The highest BCUT2D eigenvalue weighted by Crippen LogP contribution is 2.63. The maximum Gasteiger partial charge on any atom is 0.255 e. The lowest BCUT2D eigenvalue weighted by Gasteiger charge is -2.47. The van der Waals surface area contributed by atoms with Crippen LogP contribution < -0.4 is 21.3 Å². The average molecular weight is 922 g/mol. The number of benzene rings is 3. The summed E-state index contributed by atoms with van der Waals surface area (Å²) in [6, 6.07) is 13.7. The van der Waals surface area contributed by atoms with E-state index in [0.717, 1.165) is 43.2 Å². The van der Waals surface area contributed by atoms with Gasteiger partial charge in [0.15, 0.2) is 0 Å². The minimum atomic E-state index is -1.31. The summed E-state index contributed by atoms with van der Waals surface area (Å²) in [5.74, 6) is 3.58. The third-order valence-electron chi connectivity index (χ3n) is 15.5. The molecule has 5 heterocycles. The van der Waals surface area contributed by atoms with Crippen LogP contribution in [0.5, 0.6) is 0 Å². The van der Waals surface area contributed by atoms with E-state index in [9.17, 15) is 28.8 Å². The predicted molar refractivity (Wildman–Crippen MR) is 241 cm³/mol. The number of rotatable bonds is 5. The van der Waals surface area contributed by atoms with Gasteiger partial charge in [-0.15, -0.1) is 0 Å². The summed E-state index contributed by atoms with van der Waals surface area (Å²) in [7, 11) is 0. The van der Waals surface area contributed by atoms with Gasteiger partial charge in [-0.05, 0) is 105 Å². The van der Waals surface area contributed by atoms with Gasteiger partial charge in [-0.25, -0.2) is 4.39 Å². The number of hydrogen-bond donors (Lipinski definition) is 4. The van der Waals surface area contributed by atoms with E-state index in [1.54, 1.807) is 36.4 Å². The Labute approximate surface area is 387 Å². The number of fused-ring (bicyclic) bond motifs is 4. The minimum absolute atomic E-state index is 0.0751. The molecule has 0 aromatic heterocycles. The number of hydrogen-bond acceptors (Lipinski definition) is 7. The summed E-state index contributed by atoms with van der Waals surface area (Å²) >= 11 is 12.8. The molecule has 7 aliphatic rings. The predicted octanol–water partition coefficient (Wildman–Crippen LogP) is 6.51. The smallest absolute Gasteiger partial charge is 0.255 e. The van der Waals surface area contributed by atoms with Gasteiger partial charge in [0, 0.05) is 77.2 Å². The third kappa shape index (κ3) is 7.40. The number of carbonyl (C=O) groups is 6. The van der Waals surface area contributed by atoms with Crippen LogP contribution in [0.15, 0.2) is 54.6 Å². The Bertz CT molecular complexity index is 2570. The number of amides is 6. The lowest BCUT2D eigenvalue weighted by molar-refractivity contribution is -0.138. The number of likely N-dealkylation sites (tertiary alicyclic amines) is 1. The van der Waals surface area contributed by atoms with Gasteiger partial charge in [0.25, 0.3) is 5.91 Å². The molecule has 10 rings (SSSR count). The summed E-state index contributed by atoms with van der Waals surface area (Å²) in [6.07, 6.45) is 8.33. The van der Waals surface area contributed by atoms with E-state index in [-0.39, 0.29) is 71.0 Å². The summed E-state index contributed by atoms with van der Waals surface area (Å²) in [6.45, 7) is 1.44. The zero-order valence-corrected chi connectivity index (χ0v) is 37.5. The first kappa shape index (κ1) is 43.6. The summed E-state index contributed by atoms with van der Waals surface area (Å²) in [5.41, 5.74) is 1.41. The Morgan fingerprint density at radius 1 is 0.862 bits per heavy atom. The minimum Gasteiger partial charge on any atom is -0.352 e. The van der Waals surface area contributed by atoms with E-state index in [1.165, 1.54) is 11.0 Å². The van der Waals surface area contributed by atoms with Gasteiger partial charge in [-0.3, -0.25) is 39.4 Å². The molecule has 4 atom stereocenters. The molecule has 0 bridgehead atoms. The first-order valence-electron chi connectivity index (χ1n) is 23.1. The maximum atomic E-state index is 16.3. The van der Waals surface area contributed by atoms with Crippen LogP contribution in [0, 0.1) is 29.5 Å². The molecule has 2 saturated carbocycles. The van der Waals surface area contributed by atoms with Gasteiger partial charge in [0.2, 0.25) is 29.5 Å². The molecule has 65 heavy (non-hydrogen) atoms. The van der Waals surface area contributed by atoms with Crippen molar-refractivity contribution in [3.05, 3.63) is 98.3 Å². The highest BCUT2D eigenvalue weighted by atomic mass is 35.5. The molecule has 5 aliphatic heterocycles. The maximum absolute atomic E-state index is 16.3. The van der Waals surface area contributed by atoms with Gasteiger partial charge in [0.1, 0.15) is 17.3 Å². The highest BCUT2D eigenvalue weighted by Gasteiger charge is 2.72. The number of nitrogens with one attached hydrogen (secondary N) is 4. The fourth-order valence-electron chi connectivity index (χ4n) is 12.4. The van der Waals surface area contributed by atoms with Crippen molar-refractivity contribution < 1.29 is 33.2 Å². The second kappa shape index (κ2) is 17.2. The van der Waals surface area contributed by atoms with Crippen LogP contribution in [0.2, 0.25) is 10.0 Å². The fraction of sp³-hybridized carbons (Fsp3) is 0.480. The SMILES string of the molecule is O=C1CCC(N2Cc3c(C#CC4CCN(C(=O)[C@H]5CC[C@H](NC(=O)[C@@H]6NC7(CCCCC7)[C@@]7(C(=O)Nc8cc(Cl)ccc87)[C@H]6c6cccc(Cl)c6F)CC5)CC4)cccc3C2=O)C(=O)N1. The third-order valence-corrected chi connectivity index (χ3v) is 16.1. The first-order valence-corrected chi connectivity index (χ1v) is 23.8. The number of piperidine rings is 2. The van der Waals surface area contributed by atoms with Crippen LogP contribution in [-0.2, 0) is 35.9 Å². The lowest BCUT2D eigenvalue weighted by atomic mass is 9.55. The summed E-state index contributed by atoms with van der Waals surface area (Å²) in [4.78, 5) is 84.3. The normalized spacial score (nSPS) is 28.4. The number of carbonyl (C=O) groups excluding carboxylic acids is 6. The van der Waals surface area contributed by atoms with Crippen LogP contribution >= 0.6 is 23.2 Å². The van der Waals surface area contributed by atoms with Crippen LogP contribution in [0.4, 0.5) is 10.1 Å². The lowest BCUT2D eigenvalue weighted by Crippen LogP contribution is -2.60. The standard InChI is InChI=1S/C50H51Cl2FN6O6/c51-31-14-17-36-38(26-31)55-48(65)50(36)41(34-8-5-9-37(52)42(34)53)43(57-49(50)22-2-1-3-23-49)45(62)54-32-15-12-30(13-16-32)46(63)58-24-20-28(21-25-58)10-11-29-6-4-7-33-35(29)27-59(47(33)64)39-18-19-40(60)56-44(39)61/h4-9,14,17,26,28,30,32,39,41,43,57H,1-3,12-13,15-16,18-25,27H2,(H,54,62)(H,55,65)(H,56,60,61)/t30-,32-,39?,41-,43+,50+/m0/s1. The van der Waals surface area contributed by atoms with Crippen molar-refractivity contribution in [2.24, 2.45) is 11.8 Å². The molecule has 2 aliphatic carbocycles. The van der Waals surface area contributed by atoms with Crippen molar-refractivity contribution in [3.63, 3.8) is 0 Å². The van der Waals surface area contributed by atoms with Crippen LogP contribution in [0.25, 0.3) is 0 Å². The quantitative estimate of drug-likeness (QED) is 0.168. The van der Waals surface area contributed by atoms with Crippen molar-refractivity contribution in [1.82, 2.24) is 25.8 Å². The molecule has 3 aromatic carbocycles. The van der Waals surface area contributed by atoms with Gasteiger partial charge in [0.05, 0.1) is 11.1 Å². The van der Waals surface area contributed by atoms with Crippen molar-refractivity contribution in [2.75, 3.05) is 18.4 Å². The van der Waals surface area contributed by atoms with E-state index in [4.69, 9.17) is 23.2 Å².